The molecule has 0 heterocycles. The van der Waals surface area contributed by atoms with Gasteiger partial charge in [-0.2, -0.15) is 0 Å². The first-order chi connectivity index (χ1) is 8.76. The fourth-order valence-corrected chi connectivity index (χ4v) is 2.20. The molecule has 102 valence electrons. The lowest BCUT2D eigenvalue weighted by molar-refractivity contribution is 0.0588. The second kappa shape index (κ2) is 9.50. The molecule has 0 aliphatic rings. The number of rotatable bonds is 9. The Morgan fingerprint density at radius 1 is 1.28 bits per heavy atom. The summed E-state index contributed by atoms with van der Waals surface area (Å²) in [4.78, 5) is 0. The summed E-state index contributed by atoms with van der Waals surface area (Å²) >= 11 is 3.45. The van der Waals surface area contributed by atoms with Gasteiger partial charge in [0.2, 0.25) is 0 Å². The number of hydrogen-bond acceptors (Lipinski definition) is 3. The minimum atomic E-state index is 0.195. The molecule has 1 atom stereocenters. The maximum absolute atomic E-state index is 9.37. The van der Waals surface area contributed by atoms with Crippen LogP contribution in [0, 0.1) is 5.92 Å². The molecule has 0 spiro atoms. The van der Waals surface area contributed by atoms with Gasteiger partial charge < -0.3 is 14.6 Å². The molecule has 0 aliphatic heterocycles. The Labute approximate surface area is 117 Å². The smallest absolute Gasteiger partial charge is 0.0700 e. The van der Waals surface area contributed by atoms with E-state index in [0.717, 1.165) is 17.3 Å². The van der Waals surface area contributed by atoms with Crippen molar-refractivity contribution in [1.82, 2.24) is 0 Å². The highest BCUT2D eigenvalue weighted by molar-refractivity contribution is 9.10. The van der Waals surface area contributed by atoms with Crippen LogP contribution in [0.15, 0.2) is 28.7 Å². The summed E-state index contributed by atoms with van der Waals surface area (Å²) in [6, 6.07) is 8.20. The van der Waals surface area contributed by atoms with Crippen molar-refractivity contribution in [2.75, 3.05) is 33.5 Å². The molecule has 1 rings (SSSR count). The summed E-state index contributed by atoms with van der Waals surface area (Å²) in [5.41, 5.74) is 1.24. The Balaban J connectivity index is 2.28. The first kappa shape index (κ1) is 15.6. The van der Waals surface area contributed by atoms with E-state index in [1.54, 1.807) is 7.11 Å². The Morgan fingerprint density at radius 3 is 2.78 bits per heavy atom. The van der Waals surface area contributed by atoms with Gasteiger partial charge in [-0.25, -0.2) is 0 Å². The first-order valence-corrected chi connectivity index (χ1v) is 6.97. The van der Waals surface area contributed by atoms with Crippen LogP contribution in [0.1, 0.15) is 12.0 Å². The van der Waals surface area contributed by atoms with Crippen molar-refractivity contribution < 1.29 is 14.6 Å². The predicted octanol–water partition coefficient (Wildman–Crippen LogP) is 2.65. The van der Waals surface area contributed by atoms with Gasteiger partial charge in [-0.1, -0.05) is 28.1 Å². The van der Waals surface area contributed by atoms with Crippen LogP contribution in [-0.2, 0) is 15.9 Å². The largest absolute Gasteiger partial charge is 0.396 e. The highest BCUT2D eigenvalue weighted by Gasteiger charge is 2.08. The number of halogens is 1. The summed E-state index contributed by atoms with van der Waals surface area (Å²) in [5.74, 6) is 0.252. The molecule has 0 bridgehead atoms. The lowest BCUT2D eigenvalue weighted by atomic mass is 9.97. The summed E-state index contributed by atoms with van der Waals surface area (Å²) in [5, 5.41) is 9.37. The number of hydrogen-bond donors (Lipinski definition) is 1. The molecule has 1 aromatic carbocycles. The number of aliphatic hydroxyl groups is 1. The normalized spacial score (nSPS) is 12.6. The van der Waals surface area contributed by atoms with Crippen molar-refractivity contribution in [2.24, 2.45) is 5.92 Å². The zero-order valence-corrected chi connectivity index (χ0v) is 12.4. The lowest BCUT2D eigenvalue weighted by Crippen LogP contribution is -2.14. The van der Waals surface area contributed by atoms with E-state index in [1.807, 2.05) is 12.1 Å². The monoisotopic (exact) mass is 316 g/mol. The van der Waals surface area contributed by atoms with Crippen molar-refractivity contribution in [1.29, 1.82) is 0 Å². The molecule has 1 unspecified atom stereocenters. The van der Waals surface area contributed by atoms with Gasteiger partial charge >= 0.3 is 0 Å². The highest BCUT2D eigenvalue weighted by atomic mass is 79.9. The summed E-state index contributed by atoms with van der Waals surface area (Å²) in [6.45, 7) is 2.10. The SMILES string of the molecule is COCCOCCC(CO)Cc1cccc(Br)c1. The third-order valence-corrected chi connectivity index (χ3v) is 3.27. The van der Waals surface area contributed by atoms with Gasteiger partial charge in [0.25, 0.3) is 0 Å². The minimum Gasteiger partial charge on any atom is -0.396 e. The van der Waals surface area contributed by atoms with Crippen LogP contribution in [0.25, 0.3) is 0 Å². The van der Waals surface area contributed by atoms with E-state index in [4.69, 9.17) is 9.47 Å². The molecule has 0 fully saturated rings. The second-order valence-electron chi connectivity index (χ2n) is 4.28. The Hall–Kier alpha value is -0.420. The van der Waals surface area contributed by atoms with Gasteiger partial charge in [-0.15, -0.1) is 0 Å². The maximum Gasteiger partial charge on any atom is 0.0700 e. The van der Waals surface area contributed by atoms with E-state index in [0.29, 0.717) is 19.8 Å². The quantitative estimate of drug-likeness (QED) is 0.712. The Kier molecular flexibility index (Phi) is 8.25. The highest BCUT2D eigenvalue weighted by Crippen LogP contribution is 2.16. The van der Waals surface area contributed by atoms with Gasteiger partial charge in [0.15, 0.2) is 0 Å². The molecule has 1 aromatic rings. The molecule has 0 amide bonds. The van der Waals surface area contributed by atoms with Crippen LogP contribution in [0.5, 0.6) is 0 Å². The van der Waals surface area contributed by atoms with Gasteiger partial charge in [-0.05, 0) is 36.5 Å². The molecular formula is C14H21BrO3. The van der Waals surface area contributed by atoms with E-state index in [2.05, 4.69) is 28.1 Å². The van der Waals surface area contributed by atoms with Crippen molar-refractivity contribution in [3.63, 3.8) is 0 Å². The molecular weight excluding hydrogens is 296 g/mol. The van der Waals surface area contributed by atoms with Crippen LogP contribution in [0.2, 0.25) is 0 Å². The molecule has 18 heavy (non-hydrogen) atoms. The maximum atomic E-state index is 9.37. The fourth-order valence-electron chi connectivity index (χ4n) is 1.75. The van der Waals surface area contributed by atoms with Crippen LogP contribution in [0.3, 0.4) is 0 Å². The first-order valence-electron chi connectivity index (χ1n) is 6.18. The van der Waals surface area contributed by atoms with Gasteiger partial charge in [-0.3, -0.25) is 0 Å². The lowest BCUT2D eigenvalue weighted by Gasteiger charge is -2.14. The van der Waals surface area contributed by atoms with Crippen molar-refractivity contribution in [3.8, 4) is 0 Å². The van der Waals surface area contributed by atoms with Crippen LogP contribution >= 0.6 is 15.9 Å². The van der Waals surface area contributed by atoms with Crippen molar-refractivity contribution in [3.05, 3.63) is 34.3 Å². The number of ether oxygens (including phenoxy) is 2. The molecule has 0 aliphatic carbocycles. The van der Waals surface area contributed by atoms with Crippen LogP contribution < -0.4 is 0 Å². The summed E-state index contributed by atoms with van der Waals surface area (Å²) in [6.07, 6.45) is 1.75. The molecule has 4 heteroatoms. The minimum absolute atomic E-state index is 0.195. The molecule has 0 saturated heterocycles. The van der Waals surface area contributed by atoms with E-state index >= 15 is 0 Å². The van der Waals surface area contributed by atoms with Crippen LogP contribution in [-0.4, -0.2) is 38.6 Å². The van der Waals surface area contributed by atoms with Gasteiger partial charge in [0.1, 0.15) is 0 Å². The van der Waals surface area contributed by atoms with E-state index in [1.165, 1.54) is 5.56 Å². The van der Waals surface area contributed by atoms with Crippen molar-refractivity contribution >= 4 is 15.9 Å². The third kappa shape index (κ3) is 6.50. The van der Waals surface area contributed by atoms with E-state index in [9.17, 15) is 5.11 Å². The average molecular weight is 317 g/mol. The zero-order chi connectivity index (χ0) is 13.2. The Bertz CT molecular complexity index is 331. The predicted molar refractivity (Wildman–Crippen MR) is 75.7 cm³/mol. The van der Waals surface area contributed by atoms with E-state index in [-0.39, 0.29) is 12.5 Å². The number of benzene rings is 1. The Morgan fingerprint density at radius 2 is 2.11 bits per heavy atom. The molecule has 0 aromatic heterocycles. The summed E-state index contributed by atoms with van der Waals surface area (Å²) in [7, 11) is 1.66. The fraction of sp³-hybridized carbons (Fsp3) is 0.571. The molecule has 0 saturated carbocycles. The number of methoxy groups -OCH3 is 1. The molecule has 3 nitrogen and oxygen atoms in total. The molecule has 0 radical (unpaired) electrons. The van der Waals surface area contributed by atoms with Crippen molar-refractivity contribution in [2.45, 2.75) is 12.8 Å². The van der Waals surface area contributed by atoms with E-state index < -0.39 is 0 Å². The summed E-state index contributed by atoms with van der Waals surface area (Å²) < 4.78 is 11.4. The standard InChI is InChI=1S/C14H21BrO3/c1-17-7-8-18-6-5-13(11-16)9-12-3-2-4-14(15)10-12/h2-4,10,13,16H,5-9,11H2,1H3. The topological polar surface area (TPSA) is 38.7 Å². The zero-order valence-electron chi connectivity index (χ0n) is 10.8. The molecule has 1 N–H and O–H groups in total. The van der Waals surface area contributed by atoms with Gasteiger partial charge in [0.05, 0.1) is 13.2 Å². The second-order valence-corrected chi connectivity index (χ2v) is 5.19. The average Bonchev–Trinajstić information content (AvgIpc) is 2.37. The van der Waals surface area contributed by atoms with Crippen LogP contribution in [0.4, 0.5) is 0 Å². The van der Waals surface area contributed by atoms with Gasteiger partial charge in [0, 0.05) is 24.8 Å². The third-order valence-electron chi connectivity index (χ3n) is 2.77. The number of aliphatic hydroxyl groups excluding tert-OH is 1.